The first kappa shape index (κ1) is 75.9. The van der Waals surface area contributed by atoms with E-state index >= 15 is 0 Å². The van der Waals surface area contributed by atoms with Crippen LogP contribution in [-0.2, 0) is 89.8 Å². The van der Waals surface area contributed by atoms with Crippen LogP contribution in [0.2, 0.25) is 0 Å². The van der Waals surface area contributed by atoms with Gasteiger partial charge in [-0.05, 0) is 176 Å². The Hall–Kier alpha value is -8.28. The van der Waals surface area contributed by atoms with Gasteiger partial charge in [-0.3, -0.25) is 9.59 Å². The topological polar surface area (TPSA) is 209 Å². The van der Waals surface area contributed by atoms with Crippen molar-refractivity contribution in [2.75, 3.05) is 26.3 Å². The van der Waals surface area contributed by atoms with Crippen molar-refractivity contribution in [1.29, 1.82) is 0 Å². The van der Waals surface area contributed by atoms with Gasteiger partial charge in [-0.15, -0.1) is 0 Å². The maximum Gasteiger partial charge on any atom is 0.241 e. The first-order valence-electron chi connectivity index (χ1n) is 35.1. The molecule has 0 fully saturated rings. The largest absolute Gasteiger partial charge is 0.507 e. The van der Waals surface area contributed by atoms with E-state index in [1.165, 1.54) is 24.3 Å². The molecule has 532 valence electrons. The number of ether oxygens (including phenoxy) is 2. The fraction of sp³-hybridized carbons (Fsp3) is 0.405. The zero-order valence-corrected chi connectivity index (χ0v) is 62.7. The third-order valence-electron chi connectivity index (χ3n) is 18.7. The molecule has 0 saturated carbocycles. The Morgan fingerprint density at radius 2 is 0.670 bits per heavy atom. The number of amides is 2. The van der Waals surface area contributed by atoms with Gasteiger partial charge in [-0.25, -0.2) is 16.8 Å². The van der Waals surface area contributed by atoms with Crippen molar-refractivity contribution < 1.29 is 46.1 Å². The van der Waals surface area contributed by atoms with Gasteiger partial charge >= 0.3 is 0 Å². The lowest BCUT2D eigenvalue weighted by molar-refractivity contribution is -0.123. The predicted molar refractivity (Wildman–Crippen MR) is 401 cm³/mol. The van der Waals surface area contributed by atoms with Crippen LogP contribution in [-0.4, -0.2) is 77.2 Å². The average Bonchev–Trinajstić information content (AvgIpc) is 0.772. The Bertz CT molecular complexity index is 4030. The number of phenols is 2. The number of hydrogen-bond donors (Lipinski definition) is 6. The number of carbonyl (C=O) groups is 2. The van der Waals surface area contributed by atoms with Crippen molar-refractivity contribution in [2.45, 2.75) is 205 Å². The molecule has 0 aliphatic heterocycles. The molecule has 0 spiro atoms. The smallest absolute Gasteiger partial charge is 0.241 e. The van der Waals surface area contributed by atoms with Crippen LogP contribution in [0.5, 0.6) is 23.0 Å². The number of rotatable bonds is 24. The minimum absolute atomic E-state index is 0.0773. The van der Waals surface area contributed by atoms with E-state index in [0.717, 1.165) is 89.0 Å². The highest BCUT2D eigenvalue weighted by Crippen LogP contribution is 2.44. The van der Waals surface area contributed by atoms with Crippen molar-refractivity contribution >= 4 is 31.9 Å². The van der Waals surface area contributed by atoms with Crippen molar-refractivity contribution in [3.8, 4) is 23.0 Å². The molecule has 2 atom stereocenters. The summed E-state index contributed by atoms with van der Waals surface area (Å²) in [7, 11) is -8.08. The van der Waals surface area contributed by atoms with E-state index in [-0.39, 0.29) is 82.1 Å². The number of unbranched alkanes of at least 4 members (excludes halogenated alkanes) is 2. The number of aromatic hydroxyl groups is 2. The second-order valence-electron chi connectivity index (χ2n) is 31.3. The standard InChI is InChI=1S/C84H104N4O10S2/c1-55-29-33-71(34-30-55)99(93,94)87-73(41-57-25-17-15-18-26-57)79(91)85-37-21-23-39-97-77-63-43-59-47-67(81(3,4)5)49-61(75(59)89)45-65-53-70(84(12,13)14)54-66(46-62-50-68(82(6,7)8)48-60(76(62)90)44-64(77)52-69(51-63)83(9,10)11)78(65)98-40-24-22-38-86-80(92)74(42-58-27-19-16-20-28-58)88-100(95,96)72-35-31-56(2)32-36-72/h15-20,25-36,47-54,73-74,87-90H,21-24,37-46H2,1-14H3,(H,85,91)(H,86,92)/t73-,74-/m0/s1. The lowest BCUT2D eigenvalue weighted by Crippen LogP contribution is -2.48. The van der Waals surface area contributed by atoms with Gasteiger partial charge in [-0.1, -0.05) is 228 Å². The van der Waals surface area contributed by atoms with Crippen LogP contribution in [0.4, 0.5) is 0 Å². The molecule has 0 heterocycles. The fourth-order valence-electron chi connectivity index (χ4n) is 12.5. The summed E-state index contributed by atoms with van der Waals surface area (Å²) in [6.45, 7) is 31.0. The minimum atomic E-state index is -4.04. The summed E-state index contributed by atoms with van der Waals surface area (Å²) in [6.07, 6.45) is 3.67. The van der Waals surface area contributed by atoms with Crippen LogP contribution in [0.25, 0.3) is 0 Å². The molecule has 6 N–H and O–H groups in total. The molecule has 0 saturated heterocycles. The van der Waals surface area contributed by atoms with E-state index in [2.05, 4.69) is 152 Å². The van der Waals surface area contributed by atoms with Crippen LogP contribution < -0.4 is 29.6 Å². The third-order valence-corrected chi connectivity index (χ3v) is 21.7. The molecule has 1 aliphatic rings. The van der Waals surface area contributed by atoms with E-state index in [9.17, 15) is 36.6 Å². The minimum Gasteiger partial charge on any atom is -0.507 e. The van der Waals surface area contributed by atoms with Gasteiger partial charge < -0.3 is 30.3 Å². The second kappa shape index (κ2) is 31.7. The molecule has 0 unspecified atom stereocenters. The first-order valence-corrected chi connectivity index (χ1v) is 38.1. The number of benzene rings is 8. The summed E-state index contributed by atoms with van der Waals surface area (Å²) >= 11 is 0. The highest BCUT2D eigenvalue weighted by Gasteiger charge is 2.32. The fourth-order valence-corrected chi connectivity index (χ4v) is 14.9. The summed E-state index contributed by atoms with van der Waals surface area (Å²) in [6, 6.07) is 46.8. The first-order chi connectivity index (χ1) is 47.0. The van der Waals surface area contributed by atoms with Gasteiger partial charge in [0.05, 0.1) is 23.0 Å². The summed E-state index contributed by atoms with van der Waals surface area (Å²) in [5, 5.41) is 32.0. The molecule has 8 aromatic carbocycles. The number of nitrogens with one attached hydrogen (secondary N) is 4. The van der Waals surface area contributed by atoms with Gasteiger partial charge in [0.2, 0.25) is 31.9 Å². The van der Waals surface area contributed by atoms with Crippen LogP contribution in [0, 0.1) is 13.8 Å². The van der Waals surface area contributed by atoms with E-state index < -0.39 is 43.9 Å². The number of fused-ring (bicyclic) bond motifs is 8. The average molecular weight is 1390 g/mol. The Morgan fingerprint density at radius 3 is 0.940 bits per heavy atom. The number of sulfonamides is 2. The Labute approximate surface area is 595 Å². The monoisotopic (exact) mass is 1390 g/mol. The zero-order chi connectivity index (χ0) is 72.5. The zero-order valence-electron chi connectivity index (χ0n) is 61.0. The molecule has 9 rings (SSSR count). The van der Waals surface area contributed by atoms with E-state index in [4.69, 9.17) is 9.47 Å². The van der Waals surface area contributed by atoms with Gasteiger partial charge in [0.15, 0.2) is 0 Å². The van der Waals surface area contributed by atoms with E-state index in [0.29, 0.717) is 62.9 Å². The van der Waals surface area contributed by atoms with Crippen molar-refractivity contribution in [2.24, 2.45) is 0 Å². The lowest BCUT2D eigenvalue weighted by atomic mass is 9.79. The molecule has 0 aromatic heterocycles. The molecule has 16 heteroatoms. The normalized spacial score (nSPS) is 13.7. The van der Waals surface area contributed by atoms with Crippen molar-refractivity contribution in [1.82, 2.24) is 20.1 Å². The highest BCUT2D eigenvalue weighted by atomic mass is 32.2. The van der Waals surface area contributed by atoms with Crippen molar-refractivity contribution in [3.05, 3.63) is 247 Å². The van der Waals surface area contributed by atoms with E-state index in [1.807, 2.05) is 74.5 Å². The molecule has 0 radical (unpaired) electrons. The summed E-state index contributed by atoms with van der Waals surface area (Å²) in [4.78, 5) is 28.2. The number of carbonyl (C=O) groups excluding carboxylic acids is 2. The van der Waals surface area contributed by atoms with Crippen LogP contribution in [0.15, 0.2) is 168 Å². The second-order valence-corrected chi connectivity index (χ2v) is 34.7. The molecule has 2 amide bonds. The predicted octanol–water partition coefficient (Wildman–Crippen LogP) is 15.3. The highest BCUT2D eigenvalue weighted by molar-refractivity contribution is 7.89. The number of aryl methyl sites for hydroxylation is 2. The third kappa shape index (κ3) is 20.0. The molecular weight excluding hydrogens is 1290 g/mol. The maximum absolute atomic E-state index is 14.0. The molecule has 1 aliphatic carbocycles. The number of phenolic OH excluding ortho intramolecular Hbond substituents is 2. The van der Waals surface area contributed by atoms with Crippen LogP contribution >= 0.6 is 0 Å². The van der Waals surface area contributed by atoms with E-state index in [1.54, 1.807) is 24.3 Å². The van der Waals surface area contributed by atoms with Gasteiger partial charge in [0.25, 0.3) is 0 Å². The number of hydrogen-bond acceptors (Lipinski definition) is 10. The molecule has 14 nitrogen and oxygen atoms in total. The molecular formula is C84H104N4O10S2. The molecule has 8 bridgehead atoms. The summed E-state index contributed by atoms with van der Waals surface area (Å²) in [5.74, 6) is 0.786. The van der Waals surface area contributed by atoms with Gasteiger partial charge in [0.1, 0.15) is 35.1 Å². The van der Waals surface area contributed by atoms with Gasteiger partial charge in [0, 0.05) is 38.8 Å². The summed E-state index contributed by atoms with van der Waals surface area (Å²) in [5.41, 5.74) is 12.8. The van der Waals surface area contributed by atoms with Crippen LogP contribution in [0.1, 0.15) is 198 Å². The Morgan fingerprint density at radius 1 is 0.400 bits per heavy atom. The quantitative estimate of drug-likeness (QED) is 0.0315. The SMILES string of the molecule is Cc1ccc(S(=O)(=O)N[C@@H](Cc2ccccc2)C(=O)NCCCCOc2c3cc(C(C)(C)C)cc2Cc2cc(C(C)(C)C)cc(c2O)Cc2cc(C(C)(C)C)cc(c2OCCCCNC(=O)[C@H](Cc2ccccc2)NS(=O)(=O)c2ccc(C)cc2)Cc2cc(C(C)(C)C)cc(c2O)C3)cc1. The maximum atomic E-state index is 14.0. The lowest BCUT2D eigenvalue weighted by Gasteiger charge is -2.28. The Balaban J connectivity index is 1.03. The Kier molecular flexibility index (Phi) is 24.1. The summed E-state index contributed by atoms with van der Waals surface area (Å²) < 4.78 is 74.3. The molecule has 100 heavy (non-hydrogen) atoms. The van der Waals surface area contributed by atoms with Crippen molar-refractivity contribution in [3.63, 3.8) is 0 Å². The van der Waals surface area contributed by atoms with Crippen LogP contribution in [0.3, 0.4) is 0 Å². The molecule has 8 aromatic rings. The van der Waals surface area contributed by atoms with Gasteiger partial charge in [-0.2, -0.15) is 9.44 Å².